The van der Waals surface area contributed by atoms with Gasteiger partial charge in [-0.1, -0.05) is 13.8 Å². The smallest absolute Gasteiger partial charge is 0.253 e. The van der Waals surface area contributed by atoms with Gasteiger partial charge in [0.05, 0.1) is 11.3 Å². The van der Waals surface area contributed by atoms with E-state index < -0.39 is 0 Å². The van der Waals surface area contributed by atoms with E-state index in [9.17, 15) is 4.79 Å². The Morgan fingerprint density at radius 3 is 2.59 bits per heavy atom. The molecular formula is C13H21N3O. The zero-order chi connectivity index (χ0) is 12.8. The first kappa shape index (κ1) is 13.5. The van der Waals surface area contributed by atoms with Crippen LogP contribution < -0.4 is 10.6 Å². The Hall–Kier alpha value is -1.58. The van der Waals surface area contributed by atoms with Gasteiger partial charge in [-0.2, -0.15) is 0 Å². The fourth-order valence-electron chi connectivity index (χ4n) is 1.33. The highest BCUT2D eigenvalue weighted by molar-refractivity contribution is 5.94. The van der Waals surface area contributed by atoms with Gasteiger partial charge >= 0.3 is 0 Å². The summed E-state index contributed by atoms with van der Waals surface area (Å²) in [5.41, 5.74) is 1.47. The molecule has 94 valence electrons. The minimum absolute atomic E-state index is 0.0827. The monoisotopic (exact) mass is 235 g/mol. The van der Waals surface area contributed by atoms with Crippen LogP contribution >= 0.6 is 0 Å². The van der Waals surface area contributed by atoms with E-state index in [1.807, 2.05) is 19.9 Å². The molecule has 0 aliphatic rings. The number of aromatic nitrogens is 1. The molecule has 0 spiro atoms. The van der Waals surface area contributed by atoms with E-state index in [2.05, 4.69) is 29.5 Å². The molecule has 1 rings (SSSR count). The summed E-state index contributed by atoms with van der Waals surface area (Å²) in [6.45, 7) is 9.01. The Labute approximate surface area is 103 Å². The van der Waals surface area contributed by atoms with Gasteiger partial charge in [-0.15, -0.1) is 0 Å². The van der Waals surface area contributed by atoms with Crippen molar-refractivity contribution in [2.45, 2.75) is 33.7 Å². The van der Waals surface area contributed by atoms with Crippen molar-refractivity contribution in [3.8, 4) is 0 Å². The second-order valence-electron chi connectivity index (χ2n) is 4.87. The van der Waals surface area contributed by atoms with Crippen LogP contribution in [-0.4, -0.2) is 23.5 Å². The van der Waals surface area contributed by atoms with Crippen LogP contribution in [0.1, 0.15) is 38.1 Å². The normalized spacial score (nSPS) is 10.7. The van der Waals surface area contributed by atoms with Gasteiger partial charge in [0.25, 0.3) is 5.91 Å². The molecule has 1 aromatic rings. The number of amides is 1. The molecule has 0 fully saturated rings. The fraction of sp³-hybridized carbons (Fsp3) is 0.538. The van der Waals surface area contributed by atoms with E-state index in [0.29, 0.717) is 11.5 Å². The van der Waals surface area contributed by atoms with Crippen molar-refractivity contribution in [1.82, 2.24) is 10.3 Å². The largest absolute Gasteiger partial charge is 0.384 e. The summed E-state index contributed by atoms with van der Waals surface area (Å²) in [5.74, 6) is 0.476. The molecule has 2 N–H and O–H groups in total. The van der Waals surface area contributed by atoms with Crippen molar-refractivity contribution in [3.63, 3.8) is 0 Å². The predicted molar refractivity (Wildman–Crippen MR) is 70.2 cm³/mol. The molecule has 0 aliphatic heterocycles. The number of carbonyl (C=O) groups excluding carboxylic acids is 1. The number of nitrogens with one attached hydrogen (secondary N) is 2. The Morgan fingerprint density at radius 1 is 1.29 bits per heavy atom. The Kier molecular flexibility index (Phi) is 4.94. The van der Waals surface area contributed by atoms with Gasteiger partial charge in [0.15, 0.2) is 0 Å². The Morgan fingerprint density at radius 2 is 2.00 bits per heavy atom. The standard InChI is InChI=1S/C13H21N3O/c1-9(2)6-15-12-5-11(7-14-8-12)13(17)16-10(3)4/h5,7-10,15H,6H2,1-4H3,(H,16,17). The lowest BCUT2D eigenvalue weighted by Gasteiger charge is -2.11. The van der Waals surface area contributed by atoms with Gasteiger partial charge in [0, 0.05) is 25.0 Å². The lowest BCUT2D eigenvalue weighted by Crippen LogP contribution is -2.30. The Balaban J connectivity index is 2.68. The minimum atomic E-state index is -0.0827. The second kappa shape index (κ2) is 6.23. The van der Waals surface area contributed by atoms with E-state index in [1.165, 1.54) is 0 Å². The lowest BCUT2D eigenvalue weighted by atomic mass is 10.2. The number of carbonyl (C=O) groups is 1. The van der Waals surface area contributed by atoms with Crippen molar-refractivity contribution >= 4 is 11.6 Å². The predicted octanol–water partition coefficient (Wildman–Crippen LogP) is 2.29. The van der Waals surface area contributed by atoms with Gasteiger partial charge in [-0.05, 0) is 25.8 Å². The number of rotatable bonds is 5. The van der Waals surface area contributed by atoms with Crippen LogP contribution in [0.15, 0.2) is 18.5 Å². The molecule has 0 bridgehead atoms. The van der Waals surface area contributed by atoms with Gasteiger partial charge in [0.1, 0.15) is 0 Å². The first-order valence-corrected chi connectivity index (χ1v) is 5.99. The summed E-state index contributed by atoms with van der Waals surface area (Å²) in [6, 6.07) is 1.96. The van der Waals surface area contributed by atoms with E-state index in [-0.39, 0.29) is 11.9 Å². The molecule has 1 amide bonds. The van der Waals surface area contributed by atoms with Crippen molar-refractivity contribution in [3.05, 3.63) is 24.0 Å². The summed E-state index contributed by atoms with van der Waals surface area (Å²) < 4.78 is 0. The molecule has 0 aliphatic carbocycles. The number of hydrogen-bond donors (Lipinski definition) is 2. The first-order valence-electron chi connectivity index (χ1n) is 5.99. The molecule has 0 unspecified atom stereocenters. The average molecular weight is 235 g/mol. The lowest BCUT2D eigenvalue weighted by molar-refractivity contribution is 0.0943. The summed E-state index contributed by atoms with van der Waals surface area (Å²) in [7, 11) is 0. The molecular weight excluding hydrogens is 214 g/mol. The van der Waals surface area contributed by atoms with Crippen molar-refractivity contribution in [1.29, 1.82) is 0 Å². The molecule has 1 heterocycles. The van der Waals surface area contributed by atoms with Gasteiger partial charge in [-0.25, -0.2) is 0 Å². The molecule has 17 heavy (non-hydrogen) atoms. The fourth-order valence-corrected chi connectivity index (χ4v) is 1.33. The molecule has 0 aromatic carbocycles. The summed E-state index contributed by atoms with van der Waals surface area (Å²) in [4.78, 5) is 15.8. The van der Waals surface area contributed by atoms with E-state index in [1.54, 1.807) is 12.4 Å². The van der Waals surface area contributed by atoms with Crippen molar-refractivity contribution in [2.24, 2.45) is 5.92 Å². The molecule has 0 atom stereocenters. The number of hydrogen-bond acceptors (Lipinski definition) is 3. The Bertz CT molecular complexity index is 375. The third kappa shape index (κ3) is 4.85. The van der Waals surface area contributed by atoms with Crippen molar-refractivity contribution < 1.29 is 4.79 Å². The zero-order valence-corrected chi connectivity index (χ0v) is 10.9. The van der Waals surface area contributed by atoms with Crippen LogP contribution in [0.5, 0.6) is 0 Å². The quantitative estimate of drug-likeness (QED) is 0.823. The van der Waals surface area contributed by atoms with E-state index in [0.717, 1.165) is 12.2 Å². The number of pyridine rings is 1. The van der Waals surface area contributed by atoms with Crippen LogP contribution in [0.3, 0.4) is 0 Å². The zero-order valence-electron chi connectivity index (χ0n) is 10.9. The topological polar surface area (TPSA) is 54.0 Å². The third-order valence-corrected chi connectivity index (χ3v) is 2.13. The highest BCUT2D eigenvalue weighted by atomic mass is 16.1. The first-order chi connectivity index (χ1) is 7.99. The van der Waals surface area contributed by atoms with Gasteiger partial charge in [0.2, 0.25) is 0 Å². The molecule has 0 saturated heterocycles. The van der Waals surface area contributed by atoms with Crippen LogP contribution in [0.4, 0.5) is 5.69 Å². The van der Waals surface area contributed by atoms with Crippen molar-refractivity contribution in [2.75, 3.05) is 11.9 Å². The minimum Gasteiger partial charge on any atom is -0.384 e. The van der Waals surface area contributed by atoms with Gasteiger partial charge in [-0.3, -0.25) is 9.78 Å². The highest BCUT2D eigenvalue weighted by Gasteiger charge is 2.08. The van der Waals surface area contributed by atoms with Crippen LogP contribution in [0, 0.1) is 5.92 Å². The van der Waals surface area contributed by atoms with Crippen LogP contribution in [-0.2, 0) is 0 Å². The molecule has 4 nitrogen and oxygen atoms in total. The average Bonchev–Trinajstić information content (AvgIpc) is 2.26. The summed E-state index contributed by atoms with van der Waals surface area (Å²) >= 11 is 0. The molecule has 1 aromatic heterocycles. The summed E-state index contributed by atoms with van der Waals surface area (Å²) in [5, 5.41) is 6.09. The highest BCUT2D eigenvalue weighted by Crippen LogP contribution is 2.09. The van der Waals surface area contributed by atoms with E-state index >= 15 is 0 Å². The molecule has 0 radical (unpaired) electrons. The van der Waals surface area contributed by atoms with Crippen LogP contribution in [0.25, 0.3) is 0 Å². The van der Waals surface area contributed by atoms with Gasteiger partial charge < -0.3 is 10.6 Å². The SMILES string of the molecule is CC(C)CNc1cncc(C(=O)NC(C)C)c1. The molecule has 4 heteroatoms. The third-order valence-electron chi connectivity index (χ3n) is 2.13. The number of anilines is 1. The maximum Gasteiger partial charge on any atom is 0.253 e. The summed E-state index contributed by atoms with van der Waals surface area (Å²) in [6.07, 6.45) is 3.31. The number of nitrogens with zero attached hydrogens (tertiary/aromatic N) is 1. The van der Waals surface area contributed by atoms with E-state index in [4.69, 9.17) is 0 Å². The second-order valence-corrected chi connectivity index (χ2v) is 4.87. The van der Waals surface area contributed by atoms with Crippen LogP contribution in [0.2, 0.25) is 0 Å². The molecule has 0 saturated carbocycles. The maximum atomic E-state index is 11.8. The maximum absolute atomic E-state index is 11.8.